The summed E-state index contributed by atoms with van der Waals surface area (Å²) >= 11 is 0. The summed E-state index contributed by atoms with van der Waals surface area (Å²) in [6, 6.07) is 15.7. The van der Waals surface area contributed by atoms with Crippen molar-refractivity contribution in [3.05, 3.63) is 71.2 Å². The van der Waals surface area contributed by atoms with Gasteiger partial charge in [-0.15, -0.1) is 0 Å². The van der Waals surface area contributed by atoms with E-state index in [1.54, 1.807) is 12.3 Å². The molecule has 0 aliphatic rings. The number of pyridine rings is 1. The Morgan fingerprint density at radius 3 is 2.38 bits per heavy atom. The number of nitrogens with zero attached hydrogens (tertiary/aromatic N) is 1. The SMILES string of the molecule is CCC(c1ccccc1)c1cccc[n+]1[O-]. The van der Waals surface area contributed by atoms with Crippen molar-refractivity contribution in [1.82, 2.24) is 0 Å². The zero-order chi connectivity index (χ0) is 11.4. The second-order valence-electron chi connectivity index (χ2n) is 3.82. The molecule has 82 valence electrons. The van der Waals surface area contributed by atoms with Crippen LogP contribution < -0.4 is 4.73 Å². The molecule has 1 aromatic carbocycles. The molecular formula is C14H15NO. The Labute approximate surface area is 95.8 Å². The Kier molecular flexibility index (Phi) is 3.20. The first-order chi connectivity index (χ1) is 7.83. The van der Waals surface area contributed by atoms with Crippen LogP contribution in [0.3, 0.4) is 0 Å². The lowest BCUT2D eigenvalue weighted by molar-refractivity contribution is -0.615. The molecule has 1 aromatic heterocycles. The summed E-state index contributed by atoms with van der Waals surface area (Å²) in [4.78, 5) is 0. The standard InChI is InChI=1S/C14H15NO/c1-2-13(12-8-4-3-5-9-12)14-10-6-7-11-15(14)16/h3-11,13H,2H2,1H3. The molecule has 0 saturated carbocycles. The number of hydrogen-bond acceptors (Lipinski definition) is 1. The Bertz CT molecular complexity index is 453. The van der Waals surface area contributed by atoms with Crippen molar-refractivity contribution in [2.45, 2.75) is 19.3 Å². The Morgan fingerprint density at radius 2 is 1.75 bits per heavy atom. The van der Waals surface area contributed by atoms with Gasteiger partial charge in [-0.25, -0.2) is 0 Å². The zero-order valence-electron chi connectivity index (χ0n) is 9.34. The molecule has 1 unspecified atom stereocenters. The second kappa shape index (κ2) is 4.79. The molecule has 0 radical (unpaired) electrons. The minimum atomic E-state index is 0.180. The summed E-state index contributed by atoms with van der Waals surface area (Å²) < 4.78 is 0.959. The van der Waals surface area contributed by atoms with E-state index in [-0.39, 0.29) is 5.92 Å². The predicted molar refractivity (Wildman–Crippen MR) is 64.0 cm³/mol. The van der Waals surface area contributed by atoms with Gasteiger partial charge in [-0.05, 0) is 18.1 Å². The minimum Gasteiger partial charge on any atom is -0.618 e. The molecule has 2 nitrogen and oxygen atoms in total. The maximum atomic E-state index is 11.7. The molecule has 0 bridgehead atoms. The van der Waals surface area contributed by atoms with Crippen LogP contribution in [0.15, 0.2) is 54.7 Å². The first-order valence-corrected chi connectivity index (χ1v) is 5.56. The first kappa shape index (κ1) is 10.7. The van der Waals surface area contributed by atoms with Crippen molar-refractivity contribution in [2.75, 3.05) is 0 Å². The molecule has 0 amide bonds. The zero-order valence-corrected chi connectivity index (χ0v) is 9.34. The van der Waals surface area contributed by atoms with Gasteiger partial charge < -0.3 is 5.21 Å². The van der Waals surface area contributed by atoms with Crippen LogP contribution in [0, 0.1) is 5.21 Å². The van der Waals surface area contributed by atoms with Gasteiger partial charge in [-0.2, -0.15) is 4.73 Å². The van der Waals surface area contributed by atoms with Crippen LogP contribution in [0.5, 0.6) is 0 Å². The summed E-state index contributed by atoms with van der Waals surface area (Å²) in [5.74, 6) is 0.180. The van der Waals surface area contributed by atoms with Crippen molar-refractivity contribution in [3.63, 3.8) is 0 Å². The molecule has 0 aliphatic carbocycles. The minimum absolute atomic E-state index is 0.180. The van der Waals surface area contributed by atoms with Gasteiger partial charge in [0.2, 0.25) is 0 Å². The van der Waals surface area contributed by atoms with Gasteiger partial charge in [-0.1, -0.05) is 37.3 Å². The van der Waals surface area contributed by atoms with E-state index in [9.17, 15) is 5.21 Å². The smallest absolute Gasteiger partial charge is 0.200 e. The third-order valence-corrected chi connectivity index (χ3v) is 2.82. The van der Waals surface area contributed by atoms with E-state index in [2.05, 4.69) is 19.1 Å². The van der Waals surface area contributed by atoms with Crippen molar-refractivity contribution in [1.29, 1.82) is 0 Å². The molecule has 0 saturated heterocycles. The van der Waals surface area contributed by atoms with Gasteiger partial charge in [0.25, 0.3) is 0 Å². The molecule has 2 rings (SSSR count). The van der Waals surface area contributed by atoms with Crippen LogP contribution >= 0.6 is 0 Å². The number of hydrogen-bond donors (Lipinski definition) is 0. The molecule has 0 aliphatic heterocycles. The molecule has 16 heavy (non-hydrogen) atoms. The lowest BCUT2D eigenvalue weighted by Gasteiger charge is -2.14. The molecule has 2 aromatic rings. The van der Waals surface area contributed by atoms with Crippen molar-refractivity contribution < 1.29 is 4.73 Å². The highest BCUT2D eigenvalue weighted by Gasteiger charge is 2.18. The molecule has 0 spiro atoms. The molecular weight excluding hydrogens is 198 g/mol. The average molecular weight is 213 g/mol. The summed E-state index contributed by atoms with van der Waals surface area (Å²) in [5, 5.41) is 11.7. The van der Waals surface area contributed by atoms with Crippen LogP contribution in [-0.4, -0.2) is 0 Å². The Balaban J connectivity index is 2.41. The highest BCUT2D eigenvalue weighted by atomic mass is 16.5. The highest BCUT2D eigenvalue weighted by Crippen LogP contribution is 2.24. The first-order valence-electron chi connectivity index (χ1n) is 5.56. The highest BCUT2D eigenvalue weighted by molar-refractivity contribution is 5.26. The van der Waals surface area contributed by atoms with E-state index in [4.69, 9.17) is 0 Å². The van der Waals surface area contributed by atoms with Crippen molar-refractivity contribution in [2.24, 2.45) is 0 Å². The van der Waals surface area contributed by atoms with Crippen LogP contribution in [0.4, 0.5) is 0 Å². The summed E-state index contributed by atoms with van der Waals surface area (Å²) in [7, 11) is 0. The quantitative estimate of drug-likeness (QED) is 0.569. The van der Waals surface area contributed by atoms with Crippen LogP contribution in [0.25, 0.3) is 0 Å². The Hall–Kier alpha value is -1.83. The predicted octanol–water partition coefficient (Wildman–Crippen LogP) is 2.86. The third-order valence-electron chi connectivity index (χ3n) is 2.82. The van der Waals surface area contributed by atoms with Gasteiger partial charge in [0.15, 0.2) is 11.9 Å². The average Bonchev–Trinajstić information content (AvgIpc) is 2.34. The number of aromatic nitrogens is 1. The van der Waals surface area contributed by atoms with Crippen molar-refractivity contribution in [3.8, 4) is 0 Å². The molecule has 1 atom stereocenters. The monoisotopic (exact) mass is 213 g/mol. The summed E-state index contributed by atoms with van der Waals surface area (Å²) in [6.07, 6.45) is 2.48. The van der Waals surface area contributed by atoms with Crippen LogP contribution in [-0.2, 0) is 0 Å². The largest absolute Gasteiger partial charge is 0.618 e. The number of benzene rings is 1. The maximum Gasteiger partial charge on any atom is 0.200 e. The van der Waals surface area contributed by atoms with E-state index < -0.39 is 0 Å². The molecule has 1 heterocycles. The second-order valence-corrected chi connectivity index (χ2v) is 3.82. The topological polar surface area (TPSA) is 26.9 Å². The third kappa shape index (κ3) is 2.06. The lowest BCUT2D eigenvalue weighted by Crippen LogP contribution is -2.32. The van der Waals surface area contributed by atoms with E-state index in [1.165, 1.54) is 5.56 Å². The van der Waals surface area contributed by atoms with Crippen molar-refractivity contribution >= 4 is 0 Å². The maximum absolute atomic E-state index is 11.7. The van der Waals surface area contributed by atoms with E-state index in [0.29, 0.717) is 0 Å². The normalized spacial score (nSPS) is 12.3. The van der Waals surface area contributed by atoms with Gasteiger partial charge >= 0.3 is 0 Å². The van der Waals surface area contributed by atoms with Crippen LogP contribution in [0.1, 0.15) is 30.5 Å². The molecule has 0 N–H and O–H groups in total. The number of rotatable bonds is 3. The van der Waals surface area contributed by atoms with Crippen LogP contribution in [0.2, 0.25) is 0 Å². The van der Waals surface area contributed by atoms with E-state index >= 15 is 0 Å². The van der Waals surface area contributed by atoms with E-state index in [1.807, 2.05) is 30.3 Å². The molecule has 0 fully saturated rings. The van der Waals surface area contributed by atoms with Gasteiger partial charge in [0.05, 0.1) is 5.92 Å². The fourth-order valence-corrected chi connectivity index (χ4v) is 2.01. The lowest BCUT2D eigenvalue weighted by atomic mass is 9.93. The summed E-state index contributed by atoms with van der Waals surface area (Å²) in [5.41, 5.74) is 2.01. The van der Waals surface area contributed by atoms with Gasteiger partial charge in [0.1, 0.15) is 0 Å². The fraction of sp³-hybridized carbons (Fsp3) is 0.214. The Morgan fingerprint density at radius 1 is 1.06 bits per heavy atom. The van der Waals surface area contributed by atoms with E-state index in [0.717, 1.165) is 16.8 Å². The van der Waals surface area contributed by atoms with Gasteiger partial charge in [0, 0.05) is 12.1 Å². The van der Waals surface area contributed by atoms with Gasteiger partial charge in [-0.3, -0.25) is 0 Å². The summed E-state index contributed by atoms with van der Waals surface area (Å²) in [6.45, 7) is 2.10. The fourth-order valence-electron chi connectivity index (χ4n) is 2.01. The molecule has 2 heteroatoms.